The van der Waals surface area contributed by atoms with Gasteiger partial charge in [-0.2, -0.15) is 0 Å². The molecule has 3 atom stereocenters. The lowest BCUT2D eigenvalue weighted by atomic mass is 9.68. The van der Waals surface area contributed by atoms with Crippen molar-refractivity contribution in [3.63, 3.8) is 0 Å². The number of piperidine rings is 1. The molecule has 0 bridgehead atoms. The summed E-state index contributed by atoms with van der Waals surface area (Å²) < 4.78 is 0. The van der Waals surface area contributed by atoms with E-state index >= 15 is 0 Å². The third-order valence-corrected chi connectivity index (χ3v) is 6.26. The Kier molecular flexibility index (Phi) is 3.25. The van der Waals surface area contributed by atoms with E-state index in [1.165, 1.54) is 42.6 Å². The zero-order chi connectivity index (χ0) is 14.7. The van der Waals surface area contributed by atoms with Crippen molar-refractivity contribution < 1.29 is 0 Å². The first-order chi connectivity index (χ1) is 10.0. The largest absolute Gasteiger partial charge is 0.358 e. The van der Waals surface area contributed by atoms with E-state index in [4.69, 9.17) is 23.2 Å². The number of H-pyrrole nitrogens is 1. The number of nitrogens with zero attached hydrogens (tertiary/aromatic N) is 1. The molecule has 1 aliphatic carbocycles. The van der Waals surface area contributed by atoms with E-state index in [0.717, 1.165) is 17.4 Å². The first-order valence-electron chi connectivity index (χ1n) is 7.72. The van der Waals surface area contributed by atoms with E-state index in [-0.39, 0.29) is 0 Å². The van der Waals surface area contributed by atoms with Gasteiger partial charge in [0.05, 0.1) is 10.0 Å². The number of nitrogens with one attached hydrogen (secondary N) is 1. The van der Waals surface area contributed by atoms with Crippen molar-refractivity contribution in [3.8, 4) is 0 Å². The predicted molar refractivity (Wildman–Crippen MR) is 89.5 cm³/mol. The highest BCUT2D eigenvalue weighted by Gasteiger charge is 2.39. The fourth-order valence-corrected chi connectivity index (χ4v) is 4.77. The van der Waals surface area contributed by atoms with E-state index in [0.29, 0.717) is 16.0 Å². The summed E-state index contributed by atoms with van der Waals surface area (Å²) in [5, 5.41) is 2.55. The fourth-order valence-electron chi connectivity index (χ4n) is 4.44. The van der Waals surface area contributed by atoms with Crippen LogP contribution in [0.1, 0.15) is 30.5 Å². The van der Waals surface area contributed by atoms with E-state index in [1.807, 2.05) is 12.1 Å². The SMILES string of the molecule is CC1c2c([nH]c3cc(Cl)c(Cl)cc23)C[C@@H]2CCN(C)CC12. The van der Waals surface area contributed by atoms with Gasteiger partial charge in [0, 0.05) is 23.1 Å². The number of hydrogen-bond donors (Lipinski definition) is 1. The van der Waals surface area contributed by atoms with Crippen LogP contribution in [-0.2, 0) is 6.42 Å². The average Bonchev–Trinajstić information content (AvgIpc) is 2.78. The Balaban J connectivity index is 1.86. The molecule has 1 N–H and O–H groups in total. The minimum atomic E-state index is 0.576. The van der Waals surface area contributed by atoms with E-state index in [9.17, 15) is 0 Å². The Labute approximate surface area is 135 Å². The van der Waals surface area contributed by atoms with Crippen LogP contribution in [0, 0.1) is 11.8 Å². The number of aromatic amines is 1. The lowest BCUT2D eigenvalue weighted by Gasteiger charge is -2.43. The van der Waals surface area contributed by atoms with E-state index in [2.05, 4.69) is 23.9 Å². The Hall–Kier alpha value is -0.700. The molecule has 0 saturated carbocycles. The van der Waals surface area contributed by atoms with Gasteiger partial charge in [0.2, 0.25) is 0 Å². The molecule has 0 radical (unpaired) electrons. The number of fused-ring (bicyclic) bond motifs is 4. The number of rotatable bonds is 0. The van der Waals surface area contributed by atoms with Gasteiger partial charge in [-0.1, -0.05) is 30.1 Å². The Morgan fingerprint density at radius 3 is 2.81 bits per heavy atom. The summed E-state index contributed by atoms with van der Waals surface area (Å²) in [5.74, 6) is 2.14. The van der Waals surface area contributed by atoms with Crippen molar-refractivity contribution in [2.45, 2.75) is 25.7 Å². The summed E-state index contributed by atoms with van der Waals surface area (Å²) in [7, 11) is 2.24. The highest BCUT2D eigenvalue weighted by Crippen LogP contribution is 2.46. The van der Waals surface area contributed by atoms with Gasteiger partial charge in [-0.25, -0.2) is 0 Å². The van der Waals surface area contributed by atoms with Crippen LogP contribution >= 0.6 is 23.2 Å². The number of aromatic nitrogens is 1. The van der Waals surface area contributed by atoms with Gasteiger partial charge < -0.3 is 9.88 Å². The maximum Gasteiger partial charge on any atom is 0.0613 e. The molecule has 4 rings (SSSR count). The van der Waals surface area contributed by atoms with Gasteiger partial charge in [0.25, 0.3) is 0 Å². The average molecular weight is 323 g/mol. The lowest BCUT2D eigenvalue weighted by molar-refractivity contribution is 0.116. The summed E-state index contributed by atoms with van der Waals surface area (Å²) in [5.41, 5.74) is 4.01. The molecule has 112 valence electrons. The Morgan fingerprint density at radius 1 is 1.24 bits per heavy atom. The van der Waals surface area contributed by atoms with Crippen molar-refractivity contribution in [1.82, 2.24) is 9.88 Å². The smallest absolute Gasteiger partial charge is 0.0613 e. The molecule has 2 heterocycles. The van der Waals surface area contributed by atoms with Crippen LogP contribution in [0.5, 0.6) is 0 Å². The normalized spacial score (nSPS) is 29.4. The van der Waals surface area contributed by atoms with Gasteiger partial charge in [0.15, 0.2) is 0 Å². The van der Waals surface area contributed by atoms with Crippen molar-refractivity contribution in [3.05, 3.63) is 33.4 Å². The Morgan fingerprint density at radius 2 is 2.00 bits per heavy atom. The van der Waals surface area contributed by atoms with Crippen LogP contribution < -0.4 is 0 Å². The topological polar surface area (TPSA) is 19.0 Å². The molecule has 2 aliphatic rings. The van der Waals surface area contributed by atoms with Crippen molar-refractivity contribution in [2.75, 3.05) is 20.1 Å². The van der Waals surface area contributed by atoms with Gasteiger partial charge in [-0.3, -0.25) is 0 Å². The molecule has 0 spiro atoms. The molecule has 21 heavy (non-hydrogen) atoms. The third-order valence-electron chi connectivity index (χ3n) is 5.53. The predicted octanol–water partition coefficient (Wildman–Crippen LogP) is 4.70. The molecule has 1 saturated heterocycles. The van der Waals surface area contributed by atoms with Crippen LogP contribution in [0.3, 0.4) is 0 Å². The van der Waals surface area contributed by atoms with E-state index in [1.54, 1.807) is 0 Å². The molecule has 1 fully saturated rings. The van der Waals surface area contributed by atoms with Crippen LogP contribution in [-0.4, -0.2) is 30.0 Å². The summed E-state index contributed by atoms with van der Waals surface area (Å²) in [4.78, 5) is 6.08. The summed E-state index contributed by atoms with van der Waals surface area (Å²) in [6.07, 6.45) is 2.48. The summed E-state index contributed by atoms with van der Waals surface area (Å²) in [6.45, 7) is 4.81. The second-order valence-electron chi connectivity index (χ2n) is 6.80. The molecule has 2 aromatic rings. The minimum absolute atomic E-state index is 0.576. The molecule has 1 aromatic carbocycles. The van der Waals surface area contributed by atoms with Crippen LogP contribution in [0.15, 0.2) is 12.1 Å². The highest BCUT2D eigenvalue weighted by atomic mass is 35.5. The molecule has 1 aliphatic heterocycles. The highest BCUT2D eigenvalue weighted by molar-refractivity contribution is 6.42. The minimum Gasteiger partial charge on any atom is -0.358 e. The van der Waals surface area contributed by atoms with Gasteiger partial charge >= 0.3 is 0 Å². The van der Waals surface area contributed by atoms with E-state index < -0.39 is 0 Å². The number of halogens is 2. The monoisotopic (exact) mass is 322 g/mol. The van der Waals surface area contributed by atoms with Crippen molar-refractivity contribution >= 4 is 34.1 Å². The maximum atomic E-state index is 6.24. The first kappa shape index (κ1) is 13.9. The second kappa shape index (κ2) is 4.91. The number of likely N-dealkylation sites (tertiary alicyclic amines) is 1. The Bertz CT molecular complexity index is 706. The zero-order valence-electron chi connectivity index (χ0n) is 12.4. The summed E-state index contributed by atoms with van der Waals surface area (Å²) >= 11 is 12.4. The molecule has 2 nitrogen and oxygen atoms in total. The van der Waals surface area contributed by atoms with Crippen LogP contribution in [0.4, 0.5) is 0 Å². The molecule has 0 amide bonds. The molecule has 2 unspecified atom stereocenters. The third kappa shape index (κ3) is 2.11. The lowest BCUT2D eigenvalue weighted by Crippen LogP contribution is -2.43. The van der Waals surface area contributed by atoms with Crippen molar-refractivity contribution in [2.24, 2.45) is 11.8 Å². The number of benzene rings is 1. The summed E-state index contributed by atoms with van der Waals surface area (Å²) in [6, 6.07) is 4.01. The molecule has 1 aromatic heterocycles. The molecular weight excluding hydrogens is 303 g/mol. The van der Waals surface area contributed by atoms with Gasteiger partial charge in [-0.15, -0.1) is 0 Å². The molecular formula is C17H20Cl2N2. The van der Waals surface area contributed by atoms with Gasteiger partial charge in [-0.05, 0) is 61.9 Å². The fraction of sp³-hybridized carbons (Fsp3) is 0.529. The van der Waals surface area contributed by atoms with Crippen LogP contribution in [0.25, 0.3) is 10.9 Å². The van der Waals surface area contributed by atoms with Crippen LogP contribution in [0.2, 0.25) is 10.0 Å². The molecule has 4 heteroatoms. The van der Waals surface area contributed by atoms with Crippen molar-refractivity contribution in [1.29, 1.82) is 0 Å². The van der Waals surface area contributed by atoms with Gasteiger partial charge in [0.1, 0.15) is 0 Å². The first-order valence-corrected chi connectivity index (χ1v) is 8.48. The quantitative estimate of drug-likeness (QED) is 0.744. The standard InChI is InChI=1S/C17H20Cl2N2/c1-9-12-8-21(2)4-3-10(12)5-16-17(9)11-6-13(18)14(19)7-15(11)20-16/h6-7,9-10,12,20H,3-5,8H2,1-2H3/t9?,10-,12?/m0/s1. The maximum absolute atomic E-state index is 6.24. The second-order valence-corrected chi connectivity index (χ2v) is 7.61. The number of hydrogen-bond acceptors (Lipinski definition) is 1. The zero-order valence-corrected chi connectivity index (χ0v) is 13.9.